The van der Waals surface area contributed by atoms with Gasteiger partial charge in [-0.25, -0.2) is 0 Å². The van der Waals surface area contributed by atoms with Gasteiger partial charge in [0.05, 0.1) is 5.60 Å². The quantitative estimate of drug-likeness (QED) is 0.910. The van der Waals surface area contributed by atoms with E-state index in [9.17, 15) is 0 Å². The van der Waals surface area contributed by atoms with E-state index in [1.807, 2.05) is 19.2 Å². The Morgan fingerprint density at radius 3 is 2.57 bits per heavy atom. The van der Waals surface area contributed by atoms with E-state index in [0.717, 1.165) is 57.0 Å². The van der Waals surface area contributed by atoms with Gasteiger partial charge in [-0.3, -0.25) is 4.90 Å². The van der Waals surface area contributed by atoms with Gasteiger partial charge in [0.1, 0.15) is 0 Å². The van der Waals surface area contributed by atoms with E-state index in [-0.39, 0.29) is 5.60 Å². The first kappa shape index (κ1) is 17.0. The molecule has 1 unspecified atom stereocenters. The number of benzene rings is 1. The molecule has 0 bridgehead atoms. The second-order valence-electron chi connectivity index (χ2n) is 6.95. The summed E-state index contributed by atoms with van der Waals surface area (Å²) in [6, 6.07) is 8.31. The zero-order valence-electron chi connectivity index (χ0n) is 14.2. The van der Waals surface area contributed by atoms with Crippen LogP contribution in [0.5, 0.6) is 0 Å². The molecule has 4 heteroatoms. The number of nitrogens with zero attached hydrogens (tertiary/aromatic N) is 1. The fourth-order valence-electron chi connectivity index (χ4n) is 3.68. The van der Waals surface area contributed by atoms with Crippen molar-refractivity contribution >= 4 is 17.2 Å². The van der Waals surface area contributed by atoms with Crippen LogP contribution in [0.1, 0.15) is 31.7 Å². The lowest BCUT2D eigenvalue weighted by Crippen LogP contribution is -2.45. The second kappa shape index (κ2) is 7.35. The Bertz CT molecular complexity index is 563. The van der Waals surface area contributed by atoms with Crippen molar-refractivity contribution in [2.45, 2.75) is 31.8 Å². The van der Waals surface area contributed by atoms with Gasteiger partial charge in [0.25, 0.3) is 0 Å². The van der Waals surface area contributed by atoms with Gasteiger partial charge < -0.3 is 10.1 Å². The molecule has 1 atom stereocenters. The Morgan fingerprint density at radius 1 is 1.22 bits per heavy atom. The Labute approximate surface area is 144 Å². The zero-order valence-corrected chi connectivity index (χ0v) is 15.0. The summed E-state index contributed by atoms with van der Waals surface area (Å²) in [4.78, 5) is 2.56. The Balaban J connectivity index is 1.88. The Morgan fingerprint density at radius 2 is 1.91 bits per heavy atom. The van der Waals surface area contributed by atoms with Crippen LogP contribution >= 0.6 is 11.6 Å². The van der Waals surface area contributed by atoms with Crippen LogP contribution in [0, 0.1) is 0 Å². The molecule has 1 aromatic rings. The van der Waals surface area contributed by atoms with Crippen molar-refractivity contribution in [1.29, 1.82) is 0 Å². The Kier molecular flexibility index (Phi) is 5.42. The molecule has 1 aliphatic carbocycles. The van der Waals surface area contributed by atoms with Crippen LogP contribution in [0.25, 0.3) is 5.57 Å². The molecule has 0 spiro atoms. The van der Waals surface area contributed by atoms with Gasteiger partial charge in [-0.05, 0) is 55.0 Å². The number of allylic oxidation sites excluding steroid dienone is 1. The lowest BCUT2D eigenvalue weighted by atomic mass is 9.79. The lowest BCUT2D eigenvalue weighted by Gasteiger charge is -2.38. The van der Waals surface area contributed by atoms with Gasteiger partial charge in [0.15, 0.2) is 0 Å². The number of halogens is 1. The van der Waals surface area contributed by atoms with Crippen molar-refractivity contribution in [3.8, 4) is 0 Å². The highest BCUT2D eigenvalue weighted by atomic mass is 35.5. The maximum Gasteiger partial charge on any atom is 0.0691 e. The number of hydrogen-bond acceptors (Lipinski definition) is 3. The monoisotopic (exact) mass is 334 g/mol. The molecule has 3 nitrogen and oxygen atoms in total. The normalized spacial score (nSPS) is 26.6. The highest BCUT2D eigenvalue weighted by Crippen LogP contribution is 2.39. The minimum Gasteiger partial charge on any atom is -0.378 e. The van der Waals surface area contributed by atoms with Gasteiger partial charge in [-0.2, -0.15) is 0 Å². The number of nitrogens with one attached hydrogen (secondary N) is 1. The molecule has 126 valence electrons. The first-order valence-corrected chi connectivity index (χ1v) is 8.92. The largest absolute Gasteiger partial charge is 0.378 e. The van der Waals surface area contributed by atoms with E-state index in [1.54, 1.807) is 0 Å². The average Bonchev–Trinajstić information content (AvgIpc) is 2.57. The molecular formula is C19H27ClN2O. The molecule has 0 amide bonds. The van der Waals surface area contributed by atoms with Crippen LogP contribution in [0.15, 0.2) is 29.8 Å². The molecule has 1 N–H and O–H groups in total. The molecule has 2 aliphatic rings. The minimum absolute atomic E-state index is 0.0285. The molecule has 1 heterocycles. The van der Waals surface area contributed by atoms with Crippen molar-refractivity contribution in [2.24, 2.45) is 0 Å². The summed E-state index contributed by atoms with van der Waals surface area (Å²) in [6.07, 6.45) is 3.17. The fourth-order valence-corrected chi connectivity index (χ4v) is 3.80. The summed E-state index contributed by atoms with van der Waals surface area (Å²) in [5.74, 6) is 0. The highest BCUT2D eigenvalue weighted by Gasteiger charge is 2.32. The molecule has 3 rings (SSSR count). The summed E-state index contributed by atoms with van der Waals surface area (Å²) in [5.41, 5.74) is 4.32. The standard InChI is InChI=1S/C19H27ClN2O/c1-19(23-2)8-7-18(15-3-5-17(20)6-4-15)16(13-19)14-22-11-9-21-10-12-22/h3-6,21H,7-14H2,1-2H3. The first-order valence-electron chi connectivity index (χ1n) is 8.55. The van der Waals surface area contributed by atoms with Gasteiger partial charge >= 0.3 is 0 Å². The molecule has 23 heavy (non-hydrogen) atoms. The van der Waals surface area contributed by atoms with Crippen LogP contribution in [-0.2, 0) is 4.74 Å². The van der Waals surface area contributed by atoms with Gasteiger partial charge in [0, 0.05) is 44.9 Å². The van der Waals surface area contributed by atoms with Crippen molar-refractivity contribution in [2.75, 3.05) is 39.8 Å². The molecule has 1 aliphatic heterocycles. The SMILES string of the molecule is COC1(C)CCC(c2ccc(Cl)cc2)=C(CN2CCNCC2)C1. The van der Waals surface area contributed by atoms with Crippen LogP contribution in [0.2, 0.25) is 5.02 Å². The lowest BCUT2D eigenvalue weighted by molar-refractivity contribution is -0.00395. The van der Waals surface area contributed by atoms with Gasteiger partial charge in [0.2, 0.25) is 0 Å². The third-order valence-electron chi connectivity index (χ3n) is 5.23. The van der Waals surface area contributed by atoms with Crippen molar-refractivity contribution in [1.82, 2.24) is 10.2 Å². The van der Waals surface area contributed by atoms with E-state index >= 15 is 0 Å². The van der Waals surface area contributed by atoms with Gasteiger partial charge in [-0.15, -0.1) is 0 Å². The van der Waals surface area contributed by atoms with E-state index in [2.05, 4.69) is 29.3 Å². The number of rotatable bonds is 4. The number of piperazine rings is 1. The van der Waals surface area contributed by atoms with Crippen molar-refractivity contribution in [3.63, 3.8) is 0 Å². The van der Waals surface area contributed by atoms with Crippen LogP contribution in [-0.4, -0.2) is 50.3 Å². The van der Waals surface area contributed by atoms with E-state index in [0.29, 0.717) is 0 Å². The summed E-state index contributed by atoms with van der Waals surface area (Å²) >= 11 is 6.06. The Hall–Kier alpha value is -0.870. The van der Waals surface area contributed by atoms with Crippen LogP contribution in [0.4, 0.5) is 0 Å². The third-order valence-corrected chi connectivity index (χ3v) is 5.48. The maximum absolute atomic E-state index is 6.06. The highest BCUT2D eigenvalue weighted by molar-refractivity contribution is 6.30. The molecule has 1 saturated heterocycles. The topological polar surface area (TPSA) is 24.5 Å². The molecule has 0 radical (unpaired) electrons. The number of methoxy groups -OCH3 is 1. The maximum atomic E-state index is 6.06. The molecule has 1 fully saturated rings. The minimum atomic E-state index is -0.0285. The fraction of sp³-hybridized carbons (Fsp3) is 0.579. The van der Waals surface area contributed by atoms with Gasteiger partial charge in [-0.1, -0.05) is 23.7 Å². The number of hydrogen-bond donors (Lipinski definition) is 1. The third kappa shape index (κ3) is 4.16. The van der Waals surface area contributed by atoms with Crippen molar-refractivity contribution < 1.29 is 4.74 Å². The molecule has 0 aromatic heterocycles. The van der Waals surface area contributed by atoms with Crippen LogP contribution < -0.4 is 5.32 Å². The predicted molar refractivity (Wildman–Crippen MR) is 96.9 cm³/mol. The second-order valence-corrected chi connectivity index (χ2v) is 7.38. The van der Waals surface area contributed by atoms with Crippen molar-refractivity contribution in [3.05, 3.63) is 40.4 Å². The summed E-state index contributed by atoms with van der Waals surface area (Å²) in [6.45, 7) is 7.72. The summed E-state index contributed by atoms with van der Waals surface area (Å²) in [7, 11) is 1.84. The summed E-state index contributed by atoms with van der Waals surface area (Å²) in [5, 5.41) is 4.23. The van der Waals surface area contributed by atoms with Crippen LogP contribution in [0.3, 0.4) is 0 Å². The predicted octanol–water partition coefficient (Wildman–Crippen LogP) is 3.59. The number of ether oxygens (including phenoxy) is 1. The molecular weight excluding hydrogens is 308 g/mol. The van der Waals surface area contributed by atoms with E-state index < -0.39 is 0 Å². The van der Waals surface area contributed by atoms with E-state index in [4.69, 9.17) is 16.3 Å². The average molecular weight is 335 g/mol. The van der Waals surface area contributed by atoms with E-state index in [1.165, 1.54) is 16.7 Å². The molecule has 0 saturated carbocycles. The molecule has 1 aromatic carbocycles. The smallest absolute Gasteiger partial charge is 0.0691 e. The first-order chi connectivity index (χ1) is 11.1. The zero-order chi connectivity index (χ0) is 16.3. The summed E-state index contributed by atoms with van der Waals surface area (Å²) < 4.78 is 5.82.